The van der Waals surface area contributed by atoms with Gasteiger partial charge in [-0.2, -0.15) is 17.0 Å². The number of esters is 1. The van der Waals surface area contributed by atoms with Crippen LogP contribution < -0.4 is 0 Å². The highest BCUT2D eigenvalue weighted by molar-refractivity contribution is 7.86. The van der Waals surface area contributed by atoms with Crippen LogP contribution in [0.5, 0.6) is 0 Å². The molecule has 0 N–H and O–H groups in total. The Bertz CT molecular complexity index is 351. The van der Waals surface area contributed by atoms with Crippen molar-refractivity contribution in [3.63, 3.8) is 0 Å². The lowest BCUT2D eigenvalue weighted by Crippen LogP contribution is -2.43. The van der Waals surface area contributed by atoms with Gasteiger partial charge in [0.2, 0.25) is 0 Å². The lowest BCUT2D eigenvalue weighted by molar-refractivity contribution is -0.140. The normalized spacial score (nSPS) is 12.1. The first-order chi connectivity index (χ1) is 8.89. The lowest BCUT2D eigenvalue weighted by atomic mass is 10.3. The van der Waals surface area contributed by atoms with Crippen molar-refractivity contribution >= 4 is 16.2 Å². The first kappa shape index (κ1) is 18.3. The number of hydrogen-bond acceptors (Lipinski definition) is 4. The second-order valence-electron chi connectivity index (χ2n) is 4.41. The van der Waals surface area contributed by atoms with E-state index in [1.54, 1.807) is 7.05 Å². The van der Waals surface area contributed by atoms with E-state index in [9.17, 15) is 13.2 Å². The Balaban J connectivity index is 4.46. The number of rotatable bonds is 10. The molecule has 0 unspecified atom stereocenters. The van der Waals surface area contributed by atoms with Crippen LogP contribution in [0.2, 0.25) is 0 Å². The van der Waals surface area contributed by atoms with Gasteiger partial charge in [-0.3, -0.25) is 4.79 Å². The van der Waals surface area contributed by atoms with Crippen molar-refractivity contribution in [2.45, 2.75) is 39.5 Å². The molecule has 6 nitrogen and oxygen atoms in total. The van der Waals surface area contributed by atoms with Gasteiger partial charge in [0.1, 0.15) is 0 Å². The Morgan fingerprint density at radius 3 is 2.05 bits per heavy atom. The zero-order valence-corrected chi connectivity index (χ0v) is 13.2. The summed E-state index contributed by atoms with van der Waals surface area (Å²) in [6, 6.07) is 0. The molecule has 0 fully saturated rings. The van der Waals surface area contributed by atoms with E-state index in [0.29, 0.717) is 26.1 Å². The van der Waals surface area contributed by atoms with E-state index in [1.165, 1.54) is 15.7 Å². The predicted octanol–water partition coefficient (Wildman–Crippen LogP) is 1.24. The van der Waals surface area contributed by atoms with Gasteiger partial charge >= 0.3 is 5.97 Å². The summed E-state index contributed by atoms with van der Waals surface area (Å²) < 4.78 is 31.9. The summed E-state index contributed by atoms with van der Waals surface area (Å²) in [6.45, 7) is 5.28. The van der Waals surface area contributed by atoms with Gasteiger partial charge in [0.05, 0.1) is 7.11 Å². The summed E-state index contributed by atoms with van der Waals surface area (Å²) >= 11 is 0. The summed E-state index contributed by atoms with van der Waals surface area (Å²) in [5.41, 5.74) is 0. The minimum absolute atomic E-state index is 0.234. The molecule has 0 atom stereocenters. The molecular weight excluding hydrogens is 268 g/mol. The molecule has 0 radical (unpaired) electrons. The number of carbonyl (C=O) groups excluding carboxylic acids is 1. The van der Waals surface area contributed by atoms with E-state index in [0.717, 1.165) is 12.8 Å². The molecule has 0 aromatic carbocycles. The predicted molar refractivity (Wildman–Crippen MR) is 75.0 cm³/mol. The Kier molecular flexibility index (Phi) is 8.95. The van der Waals surface area contributed by atoms with Crippen molar-refractivity contribution in [3.8, 4) is 0 Å². The Morgan fingerprint density at radius 1 is 1.11 bits per heavy atom. The molecule has 0 aromatic rings. The number of nitrogens with zero attached hydrogens (tertiary/aromatic N) is 2. The molecule has 0 heterocycles. The largest absolute Gasteiger partial charge is 0.469 e. The van der Waals surface area contributed by atoms with Gasteiger partial charge in [-0.25, -0.2) is 0 Å². The standard InChI is InChI=1S/C12H26N2O4S/c1-5-9-14(10-6-2)19(16,17)13(3)11-7-8-12(15)18-4/h5-11H2,1-4H3. The maximum atomic E-state index is 12.3. The summed E-state index contributed by atoms with van der Waals surface area (Å²) in [6.07, 6.45) is 2.27. The monoisotopic (exact) mass is 294 g/mol. The summed E-state index contributed by atoms with van der Waals surface area (Å²) in [5.74, 6) is -0.315. The molecule has 114 valence electrons. The molecule has 0 amide bonds. The van der Waals surface area contributed by atoms with Gasteiger partial charge in [0.25, 0.3) is 10.2 Å². The summed E-state index contributed by atoms with van der Waals surface area (Å²) in [5, 5.41) is 0. The van der Waals surface area contributed by atoms with E-state index in [-0.39, 0.29) is 12.4 Å². The van der Waals surface area contributed by atoms with Crippen LogP contribution in [0.25, 0.3) is 0 Å². The zero-order chi connectivity index (χ0) is 14.9. The molecule has 19 heavy (non-hydrogen) atoms. The Labute approximate surface area is 116 Å². The van der Waals surface area contributed by atoms with Crippen LogP contribution in [0.1, 0.15) is 39.5 Å². The number of carbonyl (C=O) groups is 1. The third-order valence-electron chi connectivity index (χ3n) is 2.75. The molecule has 7 heteroatoms. The highest BCUT2D eigenvalue weighted by atomic mass is 32.2. The molecule has 0 saturated heterocycles. The van der Waals surface area contributed by atoms with Crippen LogP contribution in [0, 0.1) is 0 Å². The second kappa shape index (κ2) is 9.28. The maximum absolute atomic E-state index is 12.3. The van der Waals surface area contributed by atoms with Crippen LogP contribution in [0.15, 0.2) is 0 Å². The van der Waals surface area contributed by atoms with E-state index < -0.39 is 10.2 Å². The first-order valence-corrected chi connectivity index (χ1v) is 8.08. The fraction of sp³-hybridized carbons (Fsp3) is 0.917. The van der Waals surface area contributed by atoms with E-state index >= 15 is 0 Å². The number of ether oxygens (including phenoxy) is 1. The Hall–Kier alpha value is -0.660. The minimum Gasteiger partial charge on any atom is -0.469 e. The van der Waals surface area contributed by atoms with Gasteiger partial charge in [-0.15, -0.1) is 0 Å². The van der Waals surface area contributed by atoms with Crippen LogP contribution in [0.4, 0.5) is 0 Å². The highest BCUT2D eigenvalue weighted by Crippen LogP contribution is 2.09. The van der Waals surface area contributed by atoms with Crippen molar-refractivity contribution < 1.29 is 17.9 Å². The molecule has 0 aliphatic carbocycles. The smallest absolute Gasteiger partial charge is 0.305 e. The van der Waals surface area contributed by atoms with Gasteiger partial charge in [-0.05, 0) is 19.3 Å². The van der Waals surface area contributed by atoms with Crippen LogP contribution in [-0.2, 0) is 19.7 Å². The highest BCUT2D eigenvalue weighted by Gasteiger charge is 2.25. The molecule has 0 rings (SSSR count). The third kappa shape index (κ3) is 6.35. The van der Waals surface area contributed by atoms with E-state index in [1.807, 2.05) is 13.8 Å². The second-order valence-corrected chi connectivity index (χ2v) is 6.44. The molecular formula is C12H26N2O4S. The van der Waals surface area contributed by atoms with Crippen LogP contribution >= 0.6 is 0 Å². The minimum atomic E-state index is -3.42. The fourth-order valence-corrected chi connectivity index (χ4v) is 3.28. The number of hydrogen-bond donors (Lipinski definition) is 0. The van der Waals surface area contributed by atoms with Crippen molar-refractivity contribution in [1.82, 2.24) is 8.61 Å². The fourth-order valence-electron chi connectivity index (χ4n) is 1.70. The Morgan fingerprint density at radius 2 is 1.63 bits per heavy atom. The van der Waals surface area contributed by atoms with Crippen molar-refractivity contribution in [2.24, 2.45) is 0 Å². The van der Waals surface area contributed by atoms with Gasteiger partial charge in [0, 0.05) is 33.1 Å². The molecule has 0 aliphatic heterocycles. The molecule has 0 spiro atoms. The van der Waals surface area contributed by atoms with E-state index in [2.05, 4.69) is 4.74 Å². The van der Waals surface area contributed by atoms with Crippen molar-refractivity contribution in [1.29, 1.82) is 0 Å². The van der Waals surface area contributed by atoms with Crippen molar-refractivity contribution in [2.75, 3.05) is 33.8 Å². The summed E-state index contributed by atoms with van der Waals surface area (Å²) in [4.78, 5) is 11.0. The lowest BCUT2D eigenvalue weighted by Gasteiger charge is -2.26. The molecule has 0 saturated carbocycles. The van der Waals surface area contributed by atoms with Crippen molar-refractivity contribution in [3.05, 3.63) is 0 Å². The van der Waals surface area contributed by atoms with Gasteiger partial charge in [0.15, 0.2) is 0 Å². The van der Waals surface area contributed by atoms with Crippen LogP contribution in [-0.4, -0.2) is 56.8 Å². The summed E-state index contributed by atoms with van der Waals surface area (Å²) in [7, 11) is -0.543. The van der Waals surface area contributed by atoms with Gasteiger partial charge in [-0.1, -0.05) is 13.8 Å². The number of methoxy groups -OCH3 is 1. The van der Waals surface area contributed by atoms with Crippen LogP contribution in [0.3, 0.4) is 0 Å². The van der Waals surface area contributed by atoms with E-state index in [4.69, 9.17) is 0 Å². The average molecular weight is 294 g/mol. The molecule has 0 aliphatic rings. The zero-order valence-electron chi connectivity index (χ0n) is 12.4. The third-order valence-corrected chi connectivity index (χ3v) is 4.74. The first-order valence-electron chi connectivity index (χ1n) is 6.68. The molecule has 0 bridgehead atoms. The topological polar surface area (TPSA) is 66.9 Å². The SMILES string of the molecule is CCCN(CCC)S(=O)(=O)N(C)CCCC(=O)OC. The quantitative estimate of drug-likeness (QED) is 0.569. The average Bonchev–Trinajstić information content (AvgIpc) is 2.37. The maximum Gasteiger partial charge on any atom is 0.305 e. The van der Waals surface area contributed by atoms with Gasteiger partial charge < -0.3 is 4.74 Å². The molecule has 0 aromatic heterocycles.